The number of carbonyl (C=O) groups excluding carboxylic acids is 1. The van der Waals surface area contributed by atoms with Crippen molar-refractivity contribution >= 4 is 28.3 Å². The molecule has 0 aliphatic rings. The standard InChI is InChI=1S/C19H15NO4/c1-24-17-9-5-4-8-14(17)18(21)20-16-11-13-7-3-2-6-12(13)10-15(16)19(22)23/h2-11H,1H3,(H,20,21)(H,22,23). The smallest absolute Gasteiger partial charge is 0.337 e. The third kappa shape index (κ3) is 2.92. The predicted octanol–water partition coefficient (Wildman–Crippen LogP) is 3.80. The number of hydrogen-bond donors (Lipinski definition) is 2. The minimum Gasteiger partial charge on any atom is -0.496 e. The highest BCUT2D eigenvalue weighted by atomic mass is 16.5. The molecule has 24 heavy (non-hydrogen) atoms. The van der Waals surface area contributed by atoms with Crippen molar-refractivity contribution in [3.05, 3.63) is 71.8 Å². The summed E-state index contributed by atoms with van der Waals surface area (Å²) >= 11 is 0. The molecule has 0 aliphatic heterocycles. The Morgan fingerprint density at radius 2 is 1.54 bits per heavy atom. The van der Waals surface area contributed by atoms with Gasteiger partial charge < -0.3 is 15.2 Å². The summed E-state index contributed by atoms with van der Waals surface area (Å²) in [6, 6.07) is 17.4. The number of nitrogens with one attached hydrogen (secondary N) is 1. The van der Waals surface area contributed by atoms with Gasteiger partial charge in [-0.3, -0.25) is 4.79 Å². The van der Waals surface area contributed by atoms with Crippen LogP contribution in [0.1, 0.15) is 20.7 Å². The van der Waals surface area contributed by atoms with E-state index in [0.29, 0.717) is 11.3 Å². The maximum atomic E-state index is 12.5. The third-order valence-corrected chi connectivity index (χ3v) is 3.72. The Morgan fingerprint density at radius 1 is 0.917 bits per heavy atom. The summed E-state index contributed by atoms with van der Waals surface area (Å²) in [5, 5.41) is 13.8. The van der Waals surface area contributed by atoms with Gasteiger partial charge in [0.1, 0.15) is 5.75 Å². The number of ether oxygens (including phenoxy) is 1. The van der Waals surface area contributed by atoms with E-state index in [1.54, 1.807) is 36.4 Å². The number of fused-ring (bicyclic) bond motifs is 1. The van der Waals surface area contributed by atoms with Gasteiger partial charge in [-0.15, -0.1) is 0 Å². The molecule has 0 radical (unpaired) electrons. The van der Waals surface area contributed by atoms with E-state index in [1.807, 2.05) is 24.3 Å². The molecule has 2 N–H and O–H groups in total. The van der Waals surface area contributed by atoms with Crippen LogP contribution in [0.25, 0.3) is 10.8 Å². The zero-order valence-electron chi connectivity index (χ0n) is 12.9. The van der Waals surface area contributed by atoms with Gasteiger partial charge in [0.15, 0.2) is 0 Å². The molecule has 0 fully saturated rings. The SMILES string of the molecule is COc1ccccc1C(=O)Nc1cc2ccccc2cc1C(=O)O. The Labute approximate surface area is 138 Å². The van der Waals surface area contributed by atoms with Crippen LogP contribution in [0.15, 0.2) is 60.7 Å². The predicted molar refractivity (Wildman–Crippen MR) is 91.9 cm³/mol. The molecule has 3 aromatic carbocycles. The Kier molecular flexibility index (Phi) is 4.16. The van der Waals surface area contributed by atoms with Crippen molar-refractivity contribution < 1.29 is 19.4 Å². The lowest BCUT2D eigenvalue weighted by Gasteiger charge is -2.12. The molecule has 0 heterocycles. The largest absolute Gasteiger partial charge is 0.496 e. The molecule has 0 atom stereocenters. The number of carbonyl (C=O) groups is 2. The zero-order valence-corrected chi connectivity index (χ0v) is 12.9. The van der Waals surface area contributed by atoms with Gasteiger partial charge in [-0.2, -0.15) is 0 Å². The Bertz CT molecular complexity index is 934. The highest BCUT2D eigenvalue weighted by Crippen LogP contribution is 2.26. The second kappa shape index (κ2) is 6.42. The van der Waals surface area contributed by atoms with E-state index >= 15 is 0 Å². The molecule has 0 bridgehead atoms. The molecule has 0 saturated carbocycles. The van der Waals surface area contributed by atoms with Crippen LogP contribution >= 0.6 is 0 Å². The minimum atomic E-state index is -1.10. The fourth-order valence-corrected chi connectivity index (χ4v) is 2.54. The number of benzene rings is 3. The fourth-order valence-electron chi connectivity index (χ4n) is 2.54. The minimum absolute atomic E-state index is 0.0388. The van der Waals surface area contributed by atoms with E-state index in [9.17, 15) is 14.7 Å². The molecular formula is C19H15NO4. The average Bonchev–Trinajstić information content (AvgIpc) is 2.60. The molecule has 0 unspecified atom stereocenters. The van der Waals surface area contributed by atoms with Gasteiger partial charge in [0, 0.05) is 0 Å². The van der Waals surface area contributed by atoms with Gasteiger partial charge in [0.2, 0.25) is 0 Å². The topological polar surface area (TPSA) is 75.6 Å². The normalized spacial score (nSPS) is 10.4. The lowest BCUT2D eigenvalue weighted by molar-refractivity contribution is 0.0698. The van der Waals surface area contributed by atoms with E-state index < -0.39 is 11.9 Å². The van der Waals surface area contributed by atoms with E-state index in [2.05, 4.69) is 5.32 Å². The van der Waals surface area contributed by atoms with Gasteiger partial charge in [-0.25, -0.2) is 4.79 Å². The average molecular weight is 321 g/mol. The number of anilines is 1. The monoisotopic (exact) mass is 321 g/mol. The summed E-state index contributed by atoms with van der Waals surface area (Å²) in [5.74, 6) is -1.10. The molecule has 3 aromatic rings. The molecule has 5 heteroatoms. The number of hydrogen-bond acceptors (Lipinski definition) is 3. The maximum Gasteiger partial charge on any atom is 0.337 e. The molecule has 3 rings (SSSR count). The number of rotatable bonds is 4. The van der Waals surface area contributed by atoms with Crippen molar-refractivity contribution in [3.8, 4) is 5.75 Å². The molecule has 0 aliphatic carbocycles. The first-order valence-corrected chi connectivity index (χ1v) is 7.30. The highest BCUT2D eigenvalue weighted by molar-refractivity contribution is 6.11. The van der Waals surface area contributed by atoms with E-state index in [1.165, 1.54) is 7.11 Å². The summed E-state index contributed by atoms with van der Waals surface area (Å²) in [5.41, 5.74) is 0.624. The molecular weight excluding hydrogens is 306 g/mol. The quantitative estimate of drug-likeness (QED) is 0.766. The van der Waals surface area contributed by atoms with Crippen LogP contribution in [0, 0.1) is 0 Å². The molecule has 120 valence electrons. The van der Waals surface area contributed by atoms with Crippen molar-refractivity contribution in [2.75, 3.05) is 12.4 Å². The zero-order chi connectivity index (χ0) is 17.1. The van der Waals surface area contributed by atoms with Crippen molar-refractivity contribution in [3.63, 3.8) is 0 Å². The maximum absolute atomic E-state index is 12.5. The molecule has 1 amide bonds. The van der Waals surface area contributed by atoms with E-state index in [0.717, 1.165) is 10.8 Å². The second-order valence-corrected chi connectivity index (χ2v) is 5.20. The van der Waals surface area contributed by atoms with Crippen LogP contribution in [0.2, 0.25) is 0 Å². The van der Waals surface area contributed by atoms with Crippen LogP contribution in [-0.4, -0.2) is 24.1 Å². The van der Waals surface area contributed by atoms with Crippen LogP contribution < -0.4 is 10.1 Å². The van der Waals surface area contributed by atoms with Crippen molar-refractivity contribution in [1.82, 2.24) is 0 Å². The van der Waals surface area contributed by atoms with Crippen molar-refractivity contribution in [1.29, 1.82) is 0 Å². The Balaban J connectivity index is 2.04. The summed E-state index contributed by atoms with van der Waals surface area (Å²) < 4.78 is 5.17. The van der Waals surface area contributed by atoms with E-state index in [-0.39, 0.29) is 11.3 Å². The first-order valence-electron chi connectivity index (χ1n) is 7.30. The van der Waals surface area contributed by atoms with Gasteiger partial charge in [0.05, 0.1) is 23.9 Å². The van der Waals surface area contributed by atoms with Crippen LogP contribution in [0.3, 0.4) is 0 Å². The van der Waals surface area contributed by atoms with Crippen molar-refractivity contribution in [2.24, 2.45) is 0 Å². The summed E-state index contributed by atoms with van der Waals surface area (Å²) in [7, 11) is 1.48. The van der Waals surface area contributed by atoms with Crippen LogP contribution in [-0.2, 0) is 0 Å². The second-order valence-electron chi connectivity index (χ2n) is 5.20. The van der Waals surface area contributed by atoms with Crippen LogP contribution in [0.4, 0.5) is 5.69 Å². The number of amides is 1. The van der Waals surface area contributed by atoms with Gasteiger partial charge in [-0.1, -0.05) is 36.4 Å². The first kappa shape index (κ1) is 15.6. The number of methoxy groups -OCH3 is 1. The molecule has 0 aromatic heterocycles. The number of carboxylic acid groups (broad SMARTS) is 1. The van der Waals surface area contributed by atoms with Gasteiger partial charge >= 0.3 is 5.97 Å². The summed E-state index contributed by atoms with van der Waals surface area (Å²) in [6.45, 7) is 0. The molecule has 5 nitrogen and oxygen atoms in total. The van der Waals surface area contributed by atoms with Gasteiger partial charge in [-0.05, 0) is 35.0 Å². The van der Waals surface area contributed by atoms with E-state index in [4.69, 9.17) is 4.74 Å². The summed E-state index contributed by atoms with van der Waals surface area (Å²) in [6.07, 6.45) is 0. The Hall–Kier alpha value is -3.34. The number of carboxylic acids is 1. The van der Waals surface area contributed by atoms with Gasteiger partial charge in [0.25, 0.3) is 5.91 Å². The number of aromatic carboxylic acids is 1. The number of para-hydroxylation sites is 1. The lowest BCUT2D eigenvalue weighted by atomic mass is 10.0. The van der Waals surface area contributed by atoms with Crippen molar-refractivity contribution in [2.45, 2.75) is 0 Å². The van der Waals surface area contributed by atoms with Crippen LogP contribution in [0.5, 0.6) is 5.75 Å². The molecule has 0 spiro atoms. The fraction of sp³-hybridized carbons (Fsp3) is 0.0526. The lowest BCUT2D eigenvalue weighted by Crippen LogP contribution is -2.15. The summed E-state index contributed by atoms with van der Waals surface area (Å²) in [4.78, 5) is 24.1. The highest BCUT2D eigenvalue weighted by Gasteiger charge is 2.17. The molecule has 0 saturated heterocycles. The Morgan fingerprint density at radius 3 is 2.21 bits per heavy atom. The first-order chi connectivity index (χ1) is 11.6. The third-order valence-electron chi connectivity index (χ3n) is 3.72.